The molecule has 2 nitrogen and oxygen atoms in total. The third-order valence-electron chi connectivity index (χ3n) is 2.12. The second-order valence-corrected chi connectivity index (χ2v) is 3.04. The van der Waals surface area contributed by atoms with Crippen LogP contribution in [0.1, 0.15) is 24.5 Å². The van der Waals surface area contributed by atoms with E-state index in [1.807, 2.05) is 31.2 Å². The molecule has 0 fully saturated rings. The number of ketones is 1. The van der Waals surface area contributed by atoms with Gasteiger partial charge in [-0.05, 0) is 11.1 Å². The lowest BCUT2D eigenvalue weighted by Crippen LogP contribution is -2.06. The zero-order valence-electron chi connectivity index (χ0n) is 7.92. The molecule has 0 aromatic heterocycles. The van der Waals surface area contributed by atoms with Crippen molar-refractivity contribution < 1.29 is 4.79 Å². The van der Waals surface area contributed by atoms with Gasteiger partial charge < -0.3 is 5.73 Å². The topological polar surface area (TPSA) is 43.1 Å². The molecule has 0 bridgehead atoms. The molecule has 1 rings (SSSR count). The fourth-order valence-electron chi connectivity index (χ4n) is 1.27. The van der Waals surface area contributed by atoms with Crippen LogP contribution in [0.25, 0.3) is 0 Å². The van der Waals surface area contributed by atoms with Crippen molar-refractivity contribution in [3.05, 3.63) is 35.4 Å². The quantitative estimate of drug-likeness (QED) is 0.760. The summed E-state index contributed by atoms with van der Waals surface area (Å²) in [6, 6.07) is 7.83. The van der Waals surface area contributed by atoms with Gasteiger partial charge in [0, 0.05) is 19.4 Å². The zero-order chi connectivity index (χ0) is 9.68. The number of hydrogen-bond acceptors (Lipinski definition) is 2. The third-order valence-corrected chi connectivity index (χ3v) is 2.12. The number of rotatable bonds is 4. The maximum Gasteiger partial charge on any atom is 0.137 e. The summed E-state index contributed by atoms with van der Waals surface area (Å²) in [4.78, 5) is 11.2. The summed E-state index contributed by atoms with van der Waals surface area (Å²) < 4.78 is 0. The maximum absolute atomic E-state index is 11.2. The predicted molar refractivity (Wildman–Crippen MR) is 53.3 cm³/mol. The molecule has 0 spiro atoms. The molecule has 0 amide bonds. The summed E-state index contributed by atoms with van der Waals surface area (Å²) in [7, 11) is 0. The van der Waals surface area contributed by atoms with Crippen molar-refractivity contribution >= 4 is 5.78 Å². The number of Topliss-reactive ketones (excluding diaryl/α,β-unsaturated/α-hetero) is 1. The van der Waals surface area contributed by atoms with E-state index in [-0.39, 0.29) is 5.78 Å². The van der Waals surface area contributed by atoms with Crippen LogP contribution < -0.4 is 5.73 Å². The molecule has 0 atom stereocenters. The van der Waals surface area contributed by atoms with Gasteiger partial charge in [0.1, 0.15) is 5.78 Å². The Hall–Kier alpha value is -1.15. The smallest absolute Gasteiger partial charge is 0.137 e. The van der Waals surface area contributed by atoms with Gasteiger partial charge in [0.2, 0.25) is 0 Å². The van der Waals surface area contributed by atoms with E-state index in [4.69, 9.17) is 5.73 Å². The summed E-state index contributed by atoms with van der Waals surface area (Å²) >= 11 is 0. The van der Waals surface area contributed by atoms with Crippen LogP contribution >= 0.6 is 0 Å². The van der Waals surface area contributed by atoms with Crippen LogP contribution in [0.15, 0.2) is 24.3 Å². The highest BCUT2D eigenvalue weighted by atomic mass is 16.1. The summed E-state index contributed by atoms with van der Waals surface area (Å²) in [6.45, 7) is 2.39. The molecule has 70 valence electrons. The van der Waals surface area contributed by atoms with Crippen LogP contribution in [0, 0.1) is 0 Å². The van der Waals surface area contributed by atoms with Crippen LogP contribution in [0.2, 0.25) is 0 Å². The summed E-state index contributed by atoms with van der Waals surface area (Å²) in [5, 5.41) is 0. The first-order chi connectivity index (χ1) is 6.27. The molecule has 0 heterocycles. The van der Waals surface area contributed by atoms with Gasteiger partial charge in [0.15, 0.2) is 0 Å². The van der Waals surface area contributed by atoms with Gasteiger partial charge in [-0.2, -0.15) is 0 Å². The highest BCUT2D eigenvalue weighted by Gasteiger charge is 2.04. The Morgan fingerprint density at radius 3 is 2.46 bits per heavy atom. The van der Waals surface area contributed by atoms with Crippen LogP contribution in [-0.2, 0) is 17.8 Å². The highest BCUT2D eigenvalue weighted by molar-refractivity contribution is 5.80. The van der Waals surface area contributed by atoms with Crippen LogP contribution in [-0.4, -0.2) is 5.78 Å². The van der Waals surface area contributed by atoms with Gasteiger partial charge >= 0.3 is 0 Å². The van der Waals surface area contributed by atoms with E-state index < -0.39 is 0 Å². The van der Waals surface area contributed by atoms with Crippen molar-refractivity contribution in [2.45, 2.75) is 26.3 Å². The molecule has 0 saturated heterocycles. The van der Waals surface area contributed by atoms with Crippen molar-refractivity contribution in [3.8, 4) is 0 Å². The fraction of sp³-hybridized carbons (Fsp3) is 0.364. The first-order valence-electron chi connectivity index (χ1n) is 4.56. The van der Waals surface area contributed by atoms with Gasteiger partial charge in [-0.15, -0.1) is 0 Å². The van der Waals surface area contributed by atoms with E-state index in [1.165, 1.54) is 0 Å². The minimum Gasteiger partial charge on any atom is -0.326 e. The van der Waals surface area contributed by atoms with Crippen molar-refractivity contribution in [2.24, 2.45) is 5.73 Å². The lowest BCUT2D eigenvalue weighted by Gasteiger charge is -2.05. The van der Waals surface area contributed by atoms with Crippen molar-refractivity contribution in [1.82, 2.24) is 0 Å². The monoisotopic (exact) mass is 177 g/mol. The first-order valence-corrected chi connectivity index (χ1v) is 4.56. The van der Waals surface area contributed by atoms with Gasteiger partial charge in [0.05, 0.1) is 0 Å². The molecule has 0 unspecified atom stereocenters. The van der Waals surface area contributed by atoms with Gasteiger partial charge in [-0.25, -0.2) is 0 Å². The molecule has 0 aliphatic carbocycles. The summed E-state index contributed by atoms with van der Waals surface area (Å²) in [5.74, 6) is 0.265. The van der Waals surface area contributed by atoms with Crippen LogP contribution in [0.3, 0.4) is 0 Å². The average Bonchev–Trinajstić information content (AvgIpc) is 2.18. The number of hydrogen-bond donors (Lipinski definition) is 1. The number of carbonyl (C=O) groups excluding carboxylic acids is 1. The molecule has 1 aromatic carbocycles. The molecule has 13 heavy (non-hydrogen) atoms. The molecular weight excluding hydrogens is 162 g/mol. The van der Waals surface area contributed by atoms with Crippen molar-refractivity contribution in [1.29, 1.82) is 0 Å². The van der Waals surface area contributed by atoms with Crippen LogP contribution in [0.5, 0.6) is 0 Å². The zero-order valence-corrected chi connectivity index (χ0v) is 7.92. The molecule has 0 saturated carbocycles. The molecule has 2 heteroatoms. The maximum atomic E-state index is 11.2. The largest absolute Gasteiger partial charge is 0.326 e. The Morgan fingerprint density at radius 2 is 1.92 bits per heavy atom. The summed E-state index contributed by atoms with van der Waals surface area (Å²) in [5.41, 5.74) is 7.70. The minimum absolute atomic E-state index is 0.265. The van der Waals surface area contributed by atoms with Gasteiger partial charge in [0.25, 0.3) is 0 Å². The van der Waals surface area contributed by atoms with Gasteiger partial charge in [-0.1, -0.05) is 31.2 Å². The Morgan fingerprint density at radius 1 is 1.31 bits per heavy atom. The molecule has 2 N–H and O–H groups in total. The van der Waals surface area contributed by atoms with Gasteiger partial charge in [-0.3, -0.25) is 4.79 Å². The molecule has 1 aromatic rings. The van der Waals surface area contributed by atoms with Crippen LogP contribution in [0.4, 0.5) is 0 Å². The Balaban J connectivity index is 2.81. The standard InChI is InChI=1S/C11H15NO/c1-2-11(13)7-9-5-3-4-6-10(9)8-12/h3-6H,2,7-8,12H2,1H3. The second kappa shape index (κ2) is 4.77. The van der Waals surface area contributed by atoms with E-state index in [0.29, 0.717) is 19.4 Å². The van der Waals surface area contributed by atoms with Crippen molar-refractivity contribution in [2.75, 3.05) is 0 Å². The lowest BCUT2D eigenvalue weighted by molar-refractivity contribution is -0.118. The fourth-order valence-corrected chi connectivity index (χ4v) is 1.27. The molecular formula is C11H15NO. The lowest BCUT2D eigenvalue weighted by atomic mass is 10.0. The number of nitrogens with two attached hydrogens (primary N) is 1. The Bertz CT molecular complexity index is 294. The minimum atomic E-state index is 0.265. The third kappa shape index (κ3) is 2.67. The van der Waals surface area contributed by atoms with E-state index in [0.717, 1.165) is 11.1 Å². The van der Waals surface area contributed by atoms with Crippen molar-refractivity contribution in [3.63, 3.8) is 0 Å². The van der Waals surface area contributed by atoms with E-state index in [2.05, 4.69) is 0 Å². The first kappa shape index (κ1) is 9.93. The number of carbonyl (C=O) groups is 1. The van der Waals surface area contributed by atoms with E-state index in [1.54, 1.807) is 0 Å². The molecule has 0 aliphatic rings. The average molecular weight is 177 g/mol. The Kier molecular flexibility index (Phi) is 3.65. The summed E-state index contributed by atoms with van der Waals surface area (Å²) in [6.07, 6.45) is 1.11. The Labute approximate surface area is 78.8 Å². The SMILES string of the molecule is CCC(=O)Cc1ccccc1CN. The predicted octanol–water partition coefficient (Wildman–Crippen LogP) is 1.67. The van der Waals surface area contributed by atoms with E-state index >= 15 is 0 Å². The van der Waals surface area contributed by atoms with E-state index in [9.17, 15) is 4.79 Å². The second-order valence-electron chi connectivity index (χ2n) is 3.04. The normalized spacial score (nSPS) is 10.0. The molecule has 0 aliphatic heterocycles. The number of benzene rings is 1. The highest BCUT2D eigenvalue weighted by Crippen LogP contribution is 2.09. The molecule has 0 radical (unpaired) electrons.